The van der Waals surface area contributed by atoms with Gasteiger partial charge in [-0.05, 0) is 57.0 Å². The van der Waals surface area contributed by atoms with Gasteiger partial charge in [0.05, 0.1) is 19.8 Å². The van der Waals surface area contributed by atoms with Gasteiger partial charge in [-0.25, -0.2) is 9.59 Å². The lowest BCUT2D eigenvalue weighted by atomic mass is 10.1. The van der Waals surface area contributed by atoms with E-state index in [-0.39, 0.29) is 11.9 Å². The van der Waals surface area contributed by atoms with Crippen molar-refractivity contribution in [1.29, 1.82) is 0 Å². The van der Waals surface area contributed by atoms with E-state index < -0.39 is 11.9 Å². The zero-order valence-electron chi connectivity index (χ0n) is 18.8. The van der Waals surface area contributed by atoms with E-state index >= 15 is 0 Å². The molecule has 1 fully saturated rings. The number of carboxylic acid groups (broad SMARTS) is 2. The molecule has 2 aromatic carbocycles. The molecule has 1 aliphatic heterocycles. The number of carboxylic acids is 2. The molecule has 0 aliphatic carbocycles. The molecule has 1 heterocycles. The number of amides is 1. The zero-order valence-corrected chi connectivity index (χ0v) is 18.8. The largest absolute Gasteiger partial charge is 0.493 e. The number of aliphatic carboxylic acids is 2. The summed E-state index contributed by atoms with van der Waals surface area (Å²) in [6.07, 6.45) is 3.85. The van der Waals surface area contributed by atoms with Crippen molar-refractivity contribution in [2.24, 2.45) is 0 Å². The third-order valence-electron chi connectivity index (χ3n) is 5.15. The van der Waals surface area contributed by atoms with Crippen molar-refractivity contribution in [2.75, 3.05) is 32.6 Å². The minimum Gasteiger partial charge on any atom is -0.493 e. The van der Waals surface area contributed by atoms with Crippen LogP contribution in [-0.2, 0) is 20.8 Å². The third kappa shape index (κ3) is 8.46. The lowest BCUT2D eigenvalue weighted by molar-refractivity contribution is -0.159. The molecule has 0 spiro atoms. The molecule has 0 radical (unpaired) electrons. The van der Waals surface area contributed by atoms with Gasteiger partial charge in [-0.15, -0.1) is 0 Å². The number of carbonyl (C=O) groups excluding carboxylic acids is 1. The summed E-state index contributed by atoms with van der Waals surface area (Å²) in [5, 5.41) is 17.8. The maximum atomic E-state index is 12.5. The minimum atomic E-state index is -1.82. The maximum Gasteiger partial charge on any atom is 0.414 e. The number of aryl methyl sites for hydroxylation is 1. The molecule has 3 rings (SSSR count). The van der Waals surface area contributed by atoms with Crippen LogP contribution in [0.4, 0.5) is 5.69 Å². The van der Waals surface area contributed by atoms with Crippen molar-refractivity contribution in [3.63, 3.8) is 0 Å². The molecule has 9 heteroatoms. The lowest BCUT2D eigenvalue weighted by Crippen LogP contribution is -2.37. The van der Waals surface area contributed by atoms with Gasteiger partial charge in [-0.1, -0.05) is 30.3 Å². The predicted octanol–water partition coefficient (Wildman–Crippen LogP) is 2.90. The topological polar surface area (TPSA) is 125 Å². The summed E-state index contributed by atoms with van der Waals surface area (Å²) in [4.78, 5) is 32.8. The van der Waals surface area contributed by atoms with E-state index in [1.165, 1.54) is 5.56 Å². The van der Waals surface area contributed by atoms with Crippen LogP contribution >= 0.6 is 0 Å². The van der Waals surface area contributed by atoms with Gasteiger partial charge < -0.3 is 25.0 Å². The van der Waals surface area contributed by atoms with Gasteiger partial charge in [0.15, 0.2) is 11.5 Å². The van der Waals surface area contributed by atoms with E-state index in [1.807, 2.05) is 43.4 Å². The number of rotatable bonds is 8. The molecule has 9 nitrogen and oxygen atoms in total. The van der Waals surface area contributed by atoms with Gasteiger partial charge in [0.25, 0.3) is 0 Å². The minimum absolute atomic E-state index is 0.0372. The Morgan fingerprint density at radius 1 is 1.06 bits per heavy atom. The fourth-order valence-electron chi connectivity index (χ4n) is 3.44. The highest BCUT2D eigenvalue weighted by Crippen LogP contribution is 2.31. The normalized spacial score (nSPS) is 15.2. The third-order valence-corrected chi connectivity index (χ3v) is 5.15. The standard InChI is InChI=1S/C22H28N2O3.C2H2O4/c1-24-14-6-11-19(24)22(25)23-18-12-13-20(26-2)21(16-18)27-15-7-10-17-8-4-3-5-9-17;3-1(4)2(5)6/h3-5,8-9,12-13,16,19H,6-7,10-11,14-15H2,1-2H3,(H,23,25);(H,3,4)(H,5,6). The van der Waals surface area contributed by atoms with Crippen LogP contribution < -0.4 is 14.8 Å². The molecular weight excluding hydrogens is 428 g/mol. The zero-order chi connectivity index (χ0) is 24.2. The fraction of sp³-hybridized carbons (Fsp3) is 0.375. The summed E-state index contributed by atoms with van der Waals surface area (Å²) in [6, 6.07) is 15.8. The average Bonchev–Trinajstić information content (AvgIpc) is 3.24. The van der Waals surface area contributed by atoms with Gasteiger partial charge in [-0.2, -0.15) is 0 Å². The summed E-state index contributed by atoms with van der Waals surface area (Å²) < 4.78 is 11.3. The molecule has 1 atom stereocenters. The van der Waals surface area contributed by atoms with Crippen LogP contribution in [0.15, 0.2) is 48.5 Å². The van der Waals surface area contributed by atoms with Crippen molar-refractivity contribution in [3.8, 4) is 11.5 Å². The number of methoxy groups -OCH3 is 1. The van der Waals surface area contributed by atoms with E-state index in [0.29, 0.717) is 18.1 Å². The molecule has 1 saturated heterocycles. The Bertz CT molecular complexity index is 922. The number of hydrogen-bond donors (Lipinski definition) is 3. The molecule has 3 N–H and O–H groups in total. The second-order valence-electron chi connectivity index (χ2n) is 7.54. The second-order valence-corrected chi connectivity index (χ2v) is 7.54. The average molecular weight is 459 g/mol. The van der Waals surface area contributed by atoms with Gasteiger partial charge >= 0.3 is 11.9 Å². The highest BCUT2D eigenvalue weighted by molar-refractivity contribution is 6.27. The number of nitrogens with one attached hydrogen (secondary N) is 1. The first-order chi connectivity index (χ1) is 15.8. The predicted molar refractivity (Wildman–Crippen MR) is 123 cm³/mol. The fourth-order valence-corrected chi connectivity index (χ4v) is 3.44. The van der Waals surface area contributed by atoms with Crippen molar-refractivity contribution < 1.29 is 34.1 Å². The second kappa shape index (κ2) is 13.1. The van der Waals surface area contributed by atoms with Gasteiger partial charge in [0.2, 0.25) is 5.91 Å². The number of ether oxygens (including phenoxy) is 2. The molecule has 0 bridgehead atoms. The van der Waals surface area contributed by atoms with Gasteiger partial charge in [0.1, 0.15) is 0 Å². The van der Waals surface area contributed by atoms with Crippen LogP contribution in [0.25, 0.3) is 0 Å². The number of likely N-dealkylation sites (tertiary alicyclic amines) is 1. The Balaban J connectivity index is 0.000000569. The molecule has 33 heavy (non-hydrogen) atoms. The van der Waals surface area contributed by atoms with E-state index in [4.69, 9.17) is 29.3 Å². The molecule has 1 aliphatic rings. The van der Waals surface area contributed by atoms with Crippen molar-refractivity contribution >= 4 is 23.5 Å². The van der Waals surface area contributed by atoms with E-state index in [0.717, 1.165) is 37.9 Å². The Morgan fingerprint density at radius 3 is 2.33 bits per heavy atom. The number of benzene rings is 2. The molecule has 1 amide bonds. The van der Waals surface area contributed by atoms with Crippen LogP contribution in [-0.4, -0.2) is 66.3 Å². The SMILES string of the molecule is COc1ccc(NC(=O)C2CCCN2C)cc1OCCCc1ccccc1.O=C(O)C(=O)O. The molecule has 0 saturated carbocycles. The van der Waals surface area contributed by atoms with Gasteiger partial charge in [-0.3, -0.25) is 9.69 Å². The van der Waals surface area contributed by atoms with Crippen molar-refractivity contribution in [1.82, 2.24) is 4.90 Å². The van der Waals surface area contributed by atoms with Crippen LogP contribution in [0.5, 0.6) is 11.5 Å². The summed E-state index contributed by atoms with van der Waals surface area (Å²) in [7, 11) is 3.62. The lowest BCUT2D eigenvalue weighted by Gasteiger charge is -2.19. The van der Waals surface area contributed by atoms with E-state index in [2.05, 4.69) is 22.3 Å². The maximum absolute atomic E-state index is 12.5. The Labute approximate surface area is 192 Å². The number of hydrogen-bond acceptors (Lipinski definition) is 6. The quantitative estimate of drug-likeness (QED) is 0.407. The van der Waals surface area contributed by atoms with Crippen LogP contribution in [0.3, 0.4) is 0 Å². The first kappa shape index (κ1) is 25.7. The van der Waals surface area contributed by atoms with E-state index in [1.54, 1.807) is 7.11 Å². The smallest absolute Gasteiger partial charge is 0.414 e. The molecule has 2 aromatic rings. The van der Waals surface area contributed by atoms with Gasteiger partial charge in [0, 0.05) is 11.8 Å². The van der Waals surface area contributed by atoms with Crippen LogP contribution in [0.2, 0.25) is 0 Å². The summed E-state index contributed by atoms with van der Waals surface area (Å²) >= 11 is 0. The van der Waals surface area contributed by atoms with Crippen molar-refractivity contribution in [3.05, 3.63) is 54.1 Å². The van der Waals surface area contributed by atoms with Crippen molar-refractivity contribution in [2.45, 2.75) is 31.7 Å². The number of nitrogens with zero attached hydrogens (tertiary/aromatic N) is 1. The Hall–Kier alpha value is -3.59. The Kier molecular flexibility index (Phi) is 10.2. The number of anilines is 1. The molecule has 178 valence electrons. The number of carbonyl (C=O) groups is 3. The molecule has 1 unspecified atom stereocenters. The molecular formula is C24H30N2O7. The summed E-state index contributed by atoms with van der Waals surface area (Å²) in [5.41, 5.74) is 2.04. The molecule has 0 aromatic heterocycles. The number of likely N-dealkylation sites (N-methyl/N-ethyl adjacent to an activating group) is 1. The first-order valence-electron chi connectivity index (χ1n) is 10.6. The van der Waals surface area contributed by atoms with Crippen LogP contribution in [0, 0.1) is 0 Å². The first-order valence-corrected chi connectivity index (χ1v) is 10.6. The monoisotopic (exact) mass is 458 g/mol. The van der Waals surface area contributed by atoms with Crippen LogP contribution in [0.1, 0.15) is 24.8 Å². The highest BCUT2D eigenvalue weighted by Gasteiger charge is 2.27. The summed E-state index contributed by atoms with van der Waals surface area (Å²) in [6.45, 7) is 1.56. The summed E-state index contributed by atoms with van der Waals surface area (Å²) in [5.74, 6) is -2.28. The Morgan fingerprint density at radius 2 is 1.76 bits per heavy atom. The highest BCUT2D eigenvalue weighted by atomic mass is 16.5. The van der Waals surface area contributed by atoms with E-state index in [9.17, 15) is 4.79 Å².